The molecule has 0 spiro atoms. The molecular formula is C13H18FN3O. The van der Waals surface area contributed by atoms with Crippen molar-refractivity contribution in [2.45, 2.75) is 6.42 Å². The summed E-state index contributed by atoms with van der Waals surface area (Å²) in [5, 5.41) is 0. The molecule has 1 aromatic rings. The first-order chi connectivity index (χ1) is 8.77. The topological polar surface area (TPSA) is 50.8 Å². The van der Waals surface area contributed by atoms with Gasteiger partial charge in [0.25, 0.3) is 0 Å². The number of nitrogens with two attached hydrogens (primary N) is 1. The number of hydrogen-bond donors (Lipinski definition) is 1. The number of guanidine groups is 1. The van der Waals surface area contributed by atoms with E-state index in [1.54, 1.807) is 12.1 Å². The molecule has 1 heterocycles. The number of rotatable bonds is 3. The number of halogens is 1. The fourth-order valence-electron chi connectivity index (χ4n) is 1.88. The molecule has 1 aliphatic rings. The van der Waals surface area contributed by atoms with Crippen molar-refractivity contribution in [3.05, 3.63) is 35.6 Å². The van der Waals surface area contributed by atoms with Crippen molar-refractivity contribution in [3.63, 3.8) is 0 Å². The Hall–Kier alpha value is -1.62. The van der Waals surface area contributed by atoms with E-state index in [2.05, 4.69) is 4.99 Å². The summed E-state index contributed by atoms with van der Waals surface area (Å²) in [6, 6.07) is 6.75. The van der Waals surface area contributed by atoms with E-state index in [0.717, 1.165) is 13.1 Å². The predicted octanol–water partition coefficient (Wildman–Crippen LogP) is 1.02. The lowest BCUT2D eigenvalue weighted by Crippen LogP contribution is -2.44. The smallest absolute Gasteiger partial charge is 0.191 e. The molecule has 2 rings (SSSR count). The maximum Gasteiger partial charge on any atom is 0.191 e. The second-order valence-corrected chi connectivity index (χ2v) is 4.18. The molecular weight excluding hydrogens is 233 g/mol. The van der Waals surface area contributed by atoms with Crippen molar-refractivity contribution in [1.29, 1.82) is 0 Å². The summed E-state index contributed by atoms with van der Waals surface area (Å²) in [5.74, 6) is 0.340. The van der Waals surface area contributed by atoms with Crippen LogP contribution in [0.25, 0.3) is 0 Å². The highest BCUT2D eigenvalue weighted by atomic mass is 19.1. The number of aliphatic imine (C=N–C) groups is 1. The Balaban J connectivity index is 1.85. The molecule has 5 heteroatoms. The molecule has 0 radical (unpaired) electrons. The first kappa shape index (κ1) is 12.8. The van der Waals surface area contributed by atoms with Gasteiger partial charge in [-0.3, -0.25) is 4.99 Å². The van der Waals surface area contributed by atoms with E-state index in [1.165, 1.54) is 6.07 Å². The fourth-order valence-corrected chi connectivity index (χ4v) is 1.88. The van der Waals surface area contributed by atoms with Crippen molar-refractivity contribution in [1.82, 2.24) is 4.90 Å². The molecule has 0 aliphatic carbocycles. The molecule has 0 atom stereocenters. The van der Waals surface area contributed by atoms with E-state index in [0.29, 0.717) is 37.7 Å². The Morgan fingerprint density at radius 2 is 2.06 bits per heavy atom. The number of benzene rings is 1. The molecule has 0 aromatic heterocycles. The Morgan fingerprint density at radius 1 is 1.33 bits per heavy atom. The Kier molecular flexibility index (Phi) is 4.52. The monoisotopic (exact) mass is 251 g/mol. The van der Waals surface area contributed by atoms with Gasteiger partial charge in [0.2, 0.25) is 0 Å². The average Bonchev–Trinajstić information content (AvgIpc) is 2.42. The molecule has 0 saturated carbocycles. The molecule has 98 valence electrons. The quantitative estimate of drug-likeness (QED) is 0.644. The first-order valence-corrected chi connectivity index (χ1v) is 6.13. The van der Waals surface area contributed by atoms with Gasteiger partial charge in [-0.15, -0.1) is 0 Å². The number of hydrogen-bond acceptors (Lipinski definition) is 2. The zero-order chi connectivity index (χ0) is 12.8. The summed E-state index contributed by atoms with van der Waals surface area (Å²) in [7, 11) is 0. The van der Waals surface area contributed by atoms with Gasteiger partial charge in [0.05, 0.1) is 13.2 Å². The Labute approximate surface area is 106 Å². The average molecular weight is 251 g/mol. The minimum Gasteiger partial charge on any atom is -0.378 e. The van der Waals surface area contributed by atoms with Crippen LogP contribution in [-0.2, 0) is 11.2 Å². The van der Waals surface area contributed by atoms with E-state index in [1.807, 2.05) is 11.0 Å². The molecule has 2 N–H and O–H groups in total. The SMILES string of the molecule is NC(=NCCc1ccccc1F)N1CCOCC1. The number of ether oxygens (including phenoxy) is 1. The van der Waals surface area contributed by atoms with Crippen LogP contribution in [0.15, 0.2) is 29.3 Å². The van der Waals surface area contributed by atoms with Gasteiger partial charge >= 0.3 is 0 Å². The highest BCUT2D eigenvalue weighted by Crippen LogP contribution is 2.07. The van der Waals surface area contributed by atoms with Gasteiger partial charge in [0.15, 0.2) is 5.96 Å². The third-order valence-electron chi connectivity index (χ3n) is 2.95. The number of nitrogens with zero attached hydrogens (tertiary/aromatic N) is 2. The van der Waals surface area contributed by atoms with Crippen molar-refractivity contribution in [2.75, 3.05) is 32.8 Å². The van der Waals surface area contributed by atoms with Crippen LogP contribution in [0, 0.1) is 5.82 Å². The van der Waals surface area contributed by atoms with Crippen LogP contribution >= 0.6 is 0 Å². The highest BCUT2D eigenvalue weighted by molar-refractivity contribution is 5.78. The van der Waals surface area contributed by atoms with Crippen molar-refractivity contribution >= 4 is 5.96 Å². The van der Waals surface area contributed by atoms with Crippen molar-refractivity contribution in [2.24, 2.45) is 10.7 Å². The standard InChI is InChI=1S/C13H18FN3O/c14-12-4-2-1-3-11(12)5-6-16-13(15)17-7-9-18-10-8-17/h1-4H,5-10H2,(H2,15,16). The highest BCUT2D eigenvalue weighted by Gasteiger charge is 2.11. The molecule has 4 nitrogen and oxygen atoms in total. The van der Waals surface area contributed by atoms with E-state index in [4.69, 9.17) is 10.5 Å². The third-order valence-corrected chi connectivity index (χ3v) is 2.95. The molecule has 1 fully saturated rings. The zero-order valence-electron chi connectivity index (χ0n) is 10.3. The van der Waals surface area contributed by atoms with Gasteiger partial charge in [-0.05, 0) is 18.1 Å². The summed E-state index contributed by atoms with van der Waals surface area (Å²) in [4.78, 5) is 6.27. The minimum atomic E-state index is -0.183. The van der Waals surface area contributed by atoms with E-state index in [9.17, 15) is 4.39 Å². The molecule has 0 bridgehead atoms. The summed E-state index contributed by atoms with van der Waals surface area (Å²) in [6.07, 6.45) is 0.567. The fraction of sp³-hybridized carbons (Fsp3) is 0.462. The van der Waals surface area contributed by atoms with Crippen LogP contribution in [-0.4, -0.2) is 43.7 Å². The lowest BCUT2D eigenvalue weighted by Gasteiger charge is -2.27. The van der Waals surface area contributed by atoms with Gasteiger partial charge < -0.3 is 15.4 Å². The lowest BCUT2D eigenvalue weighted by molar-refractivity contribution is 0.0674. The maximum atomic E-state index is 13.4. The lowest BCUT2D eigenvalue weighted by atomic mass is 10.1. The van der Waals surface area contributed by atoms with Gasteiger partial charge in [-0.1, -0.05) is 18.2 Å². The Morgan fingerprint density at radius 3 is 2.78 bits per heavy atom. The van der Waals surface area contributed by atoms with Crippen LogP contribution < -0.4 is 5.73 Å². The van der Waals surface area contributed by atoms with E-state index < -0.39 is 0 Å². The molecule has 18 heavy (non-hydrogen) atoms. The minimum absolute atomic E-state index is 0.183. The van der Waals surface area contributed by atoms with Crippen LogP contribution in [0.1, 0.15) is 5.56 Å². The van der Waals surface area contributed by atoms with E-state index in [-0.39, 0.29) is 5.82 Å². The van der Waals surface area contributed by atoms with Crippen LogP contribution in [0.2, 0.25) is 0 Å². The second kappa shape index (κ2) is 6.35. The van der Waals surface area contributed by atoms with Crippen LogP contribution in [0.3, 0.4) is 0 Å². The van der Waals surface area contributed by atoms with Crippen LogP contribution in [0.4, 0.5) is 4.39 Å². The van der Waals surface area contributed by atoms with Crippen molar-refractivity contribution in [3.8, 4) is 0 Å². The number of morpholine rings is 1. The summed E-state index contributed by atoms with van der Waals surface area (Å²) < 4.78 is 18.6. The third kappa shape index (κ3) is 3.43. The van der Waals surface area contributed by atoms with Gasteiger partial charge in [0, 0.05) is 19.6 Å². The second-order valence-electron chi connectivity index (χ2n) is 4.18. The molecule has 0 unspecified atom stereocenters. The first-order valence-electron chi connectivity index (χ1n) is 6.13. The van der Waals surface area contributed by atoms with Gasteiger partial charge in [0.1, 0.15) is 5.82 Å². The summed E-state index contributed by atoms with van der Waals surface area (Å²) in [6.45, 7) is 3.42. The predicted molar refractivity (Wildman–Crippen MR) is 69.0 cm³/mol. The summed E-state index contributed by atoms with van der Waals surface area (Å²) in [5.41, 5.74) is 6.55. The maximum absolute atomic E-state index is 13.4. The molecule has 0 amide bonds. The molecule has 1 aromatic carbocycles. The van der Waals surface area contributed by atoms with Gasteiger partial charge in [-0.25, -0.2) is 4.39 Å². The Bertz CT molecular complexity index is 416. The van der Waals surface area contributed by atoms with Gasteiger partial charge in [-0.2, -0.15) is 0 Å². The van der Waals surface area contributed by atoms with E-state index >= 15 is 0 Å². The van der Waals surface area contributed by atoms with Crippen molar-refractivity contribution < 1.29 is 9.13 Å². The normalized spacial score (nSPS) is 16.9. The summed E-state index contributed by atoms with van der Waals surface area (Å²) >= 11 is 0. The zero-order valence-corrected chi connectivity index (χ0v) is 10.3. The largest absolute Gasteiger partial charge is 0.378 e. The molecule has 1 aliphatic heterocycles. The van der Waals surface area contributed by atoms with Crippen LogP contribution in [0.5, 0.6) is 0 Å². The molecule has 1 saturated heterocycles.